The first-order valence-electron chi connectivity index (χ1n) is 6.60. The van der Waals surface area contributed by atoms with Gasteiger partial charge in [0.1, 0.15) is 5.82 Å². The predicted octanol–water partition coefficient (Wildman–Crippen LogP) is 3.80. The maximum atomic E-state index is 13.5. The number of hydrazine groups is 1. The zero-order valence-electron chi connectivity index (χ0n) is 11.7. The van der Waals surface area contributed by atoms with Gasteiger partial charge in [-0.2, -0.15) is 0 Å². The zero-order valence-corrected chi connectivity index (χ0v) is 12.5. The molecule has 1 unspecified atom stereocenters. The highest BCUT2D eigenvalue weighted by Crippen LogP contribution is 2.25. The van der Waals surface area contributed by atoms with Crippen molar-refractivity contribution >= 4 is 11.8 Å². The molecule has 106 valence electrons. The molecule has 2 aromatic rings. The maximum Gasteiger partial charge on any atom is 0.123 e. The highest BCUT2D eigenvalue weighted by Gasteiger charge is 2.13. The summed E-state index contributed by atoms with van der Waals surface area (Å²) < 4.78 is 13.5. The fourth-order valence-electron chi connectivity index (χ4n) is 2.24. The third-order valence-corrected chi connectivity index (χ3v) is 3.98. The third kappa shape index (κ3) is 3.60. The Kier molecular flexibility index (Phi) is 5.17. The molecule has 0 amide bonds. The predicted molar refractivity (Wildman–Crippen MR) is 83.1 cm³/mol. The molecule has 0 aliphatic carbocycles. The summed E-state index contributed by atoms with van der Waals surface area (Å²) in [5.74, 6) is 6.46. The highest BCUT2D eigenvalue weighted by atomic mass is 32.2. The van der Waals surface area contributed by atoms with E-state index < -0.39 is 0 Å². The Morgan fingerprint density at radius 1 is 1.15 bits per heavy atom. The Bertz CT molecular complexity index is 549. The summed E-state index contributed by atoms with van der Waals surface area (Å²) in [4.78, 5) is 1.22. The molecule has 2 aromatic carbocycles. The second-order valence-electron chi connectivity index (χ2n) is 4.66. The number of nitrogens with two attached hydrogens (primary N) is 1. The van der Waals surface area contributed by atoms with Crippen molar-refractivity contribution in [1.29, 1.82) is 0 Å². The van der Waals surface area contributed by atoms with Gasteiger partial charge in [-0.25, -0.2) is 9.82 Å². The van der Waals surface area contributed by atoms with Gasteiger partial charge in [0, 0.05) is 4.90 Å². The Morgan fingerprint density at radius 2 is 1.85 bits per heavy atom. The number of aryl methyl sites for hydroxylation is 1. The Hall–Kier alpha value is -1.36. The van der Waals surface area contributed by atoms with Crippen LogP contribution in [0.3, 0.4) is 0 Å². The molecule has 0 radical (unpaired) electrons. The first-order valence-corrected chi connectivity index (χ1v) is 7.58. The van der Waals surface area contributed by atoms with Crippen LogP contribution in [0, 0.1) is 12.7 Å². The molecule has 4 heteroatoms. The van der Waals surface area contributed by atoms with Crippen molar-refractivity contribution in [3.63, 3.8) is 0 Å². The van der Waals surface area contributed by atoms with Gasteiger partial charge in [-0.15, -0.1) is 11.8 Å². The number of halogens is 1. The molecule has 0 saturated carbocycles. The monoisotopic (exact) mass is 290 g/mol. The Labute approximate surface area is 123 Å². The standard InChI is InChI=1S/C16H19FN2S/c1-3-20-15-6-4-12(5-7-15)16(19-18)13-8-11(2)9-14(17)10-13/h4-10,16,19H,3,18H2,1-2H3. The van der Waals surface area contributed by atoms with E-state index >= 15 is 0 Å². The van der Waals surface area contributed by atoms with E-state index in [0.29, 0.717) is 0 Å². The lowest BCUT2D eigenvalue weighted by molar-refractivity contribution is 0.604. The molecule has 2 nitrogen and oxygen atoms in total. The van der Waals surface area contributed by atoms with Gasteiger partial charge in [-0.3, -0.25) is 5.84 Å². The topological polar surface area (TPSA) is 38.0 Å². The second kappa shape index (κ2) is 6.88. The van der Waals surface area contributed by atoms with Gasteiger partial charge in [0.15, 0.2) is 0 Å². The van der Waals surface area contributed by atoms with E-state index in [1.54, 1.807) is 11.8 Å². The van der Waals surface area contributed by atoms with Crippen LogP contribution in [0.15, 0.2) is 47.4 Å². The van der Waals surface area contributed by atoms with Crippen molar-refractivity contribution in [2.24, 2.45) is 5.84 Å². The molecular formula is C16H19FN2S. The largest absolute Gasteiger partial charge is 0.271 e. The smallest absolute Gasteiger partial charge is 0.123 e. The van der Waals surface area contributed by atoms with Crippen LogP contribution in [0.5, 0.6) is 0 Å². The van der Waals surface area contributed by atoms with Crippen LogP contribution < -0.4 is 11.3 Å². The van der Waals surface area contributed by atoms with E-state index in [-0.39, 0.29) is 11.9 Å². The number of nitrogens with one attached hydrogen (secondary N) is 1. The van der Waals surface area contributed by atoms with Crippen LogP contribution in [-0.2, 0) is 0 Å². The minimum absolute atomic E-state index is 0.204. The van der Waals surface area contributed by atoms with Crippen LogP contribution >= 0.6 is 11.8 Å². The lowest BCUT2D eigenvalue weighted by Gasteiger charge is -2.18. The molecule has 0 spiro atoms. The van der Waals surface area contributed by atoms with E-state index in [1.165, 1.54) is 17.0 Å². The van der Waals surface area contributed by atoms with E-state index in [9.17, 15) is 4.39 Å². The summed E-state index contributed by atoms with van der Waals surface area (Å²) in [6.07, 6.45) is 0. The molecule has 0 bridgehead atoms. The minimum Gasteiger partial charge on any atom is -0.271 e. The van der Waals surface area contributed by atoms with Crippen LogP contribution in [0.2, 0.25) is 0 Å². The first-order chi connectivity index (χ1) is 9.63. The van der Waals surface area contributed by atoms with Crippen LogP contribution in [0.1, 0.15) is 29.7 Å². The lowest BCUT2D eigenvalue weighted by atomic mass is 9.98. The summed E-state index contributed by atoms with van der Waals surface area (Å²) >= 11 is 1.79. The summed E-state index contributed by atoms with van der Waals surface area (Å²) in [5.41, 5.74) is 5.51. The SMILES string of the molecule is CCSc1ccc(C(NN)c2cc(C)cc(F)c2)cc1. The minimum atomic E-state index is -0.238. The van der Waals surface area contributed by atoms with Gasteiger partial charge in [-0.05, 0) is 53.6 Å². The van der Waals surface area contributed by atoms with Crippen molar-refractivity contribution in [1.82, 2.24) is 5.43 Å². The van der Waals surface area contributed by atoms with Crippen molar-refractivity contribution in [2.45, 2.75) is 24.8 Å². The van der Waals surface area contributed by atoms with Crippen LogP contribution in [-0.4, -0.2) is 5.75 Å². The molecule has 0 saturated heterocycles. The average molecular weight is 290 g/mol. The molecule has 0 aliphatic rings. The van der Waals surface area contributed by atoms with Crippen molar-refractivity contribution in [3.8, 4) is 0 Å². The Morgan fingerprint density at radius 3 is 2.40 bits per heavy atom. The second-order valence-corrected chi connectivity index (χ2v) is 6.00. The first kappa shape index (κ1) is 15.0. The summed E-state index contributed by atoms with van der Waals surface area (Å²) in [5, 5.41) is 0. The summed E-state index contributed by atoms with van der Waals surface area (Å²) in [7, 11) is 0. The van der Waals surface area contributed by atoms with Gasteiger partial charge in [-0.1, -0.05) is 25.1 Å². The molecule has 0 fully saturated rings. The third-order valence-electron chi connectivity index (χ3n) is 3.09. The van der Waals surface area contributed by atoms with E-state index in [4.69, 9.17) is 5.84 Å². The number of hydrogen-bond acceptors (Lipinski definition) is 3. The van der Waals surface area contributed by atoms with Gasteiger partial charge in [0.05, 0.1) is 6.04 Å². The normalized spacial score (nSPS) is 12.4. The van der Waals surface area contributed by atoms with Crippen molar-refractivity contribution in [2.75, 3.05) is 5.75 Å². The number of rotatable bonds is 5. The highest BCUT2D eigenvalue weighted by molar-refractivity contribution is 7.99. The fraction of sp³-hybridized carbons (Fsp3) is 0.250. The molecule has 3 N–H and O–H groups in total. The molecule has 20 heavy (non-hydrogen) atoms. The van der Waals surface area contributed by atoms with Crippen molar-refractivity contribution < 1.29 is 4.39 Å². The van der Waals surface area contributed by atoms with Gasteiger partial charge < -0.3 is 0 Å². The molecule has 1 atom stereocenters. The van der Waals surface area contributed by atoms with Gasteiger partial charge in [0.2, 0.25) is 0 Å². The number of hydrogen-bond donors (Lipinski definition) is 2. The van der Waals surface area contributed by atoms with E-state index in [0.717, 1.165) is 22.4 Å². The van der Waals surface area contributed by atoms with Crippen LogP contribution in [0.25, 0.3) is 0 Å². The van der Waals surface area contributed by atoms with E-state index in [1.807, 2.05) is 25.1 Å². The van der Waals surface area contributed by atoms with Gasteiger partial charge in [0.25, 0.3) is 0 Å². The summed E-state index contributed by atoms with van der Waals surface area (Å²) in [6, 6.07) is 13.0. The average Bonchev–Trinajstić information content (AvgIpc) is 2.41. The maximum absolute atomic E-state index is 13.5. The van der Waals surface area contributed by atoms with E-state index in [2.05, 4.69) is 24.5 Å². The van der Waals surface area contributed by atoms with Gasteiger partial charge >= 0.3 is 0 Å². The molecule has 0 aromatic heterocycles. The molecule has 0 aliphatic heterocycles. The lowest BCUT2D eigenvalue weighted by Crippen LogP contribution is -2.29. The van der Waals surface area contributed by atoms with Crippen molar-refractivity contribution in [3.05, 3.63) is 65.0 Å². The zero-order chi connectivity index (χ0) is 14.5. The Balaban J connectivity index is 2.31. The molecular weight excluding hydrogens is 271 g/mol. The van der Waals surface area contributed by atoms with Crippen LogP contribution in [0.4, 0.5) is 4.39 Å². The number of benzene rings is 2. The molecule has 0 heterocycles. The summed E-state index contributed by atoms with van der Waals surface area (Å²) in [6.45, 7) is 4.00. The number of thioether (sulfide) groups is 1. The quantitative estimate of drug-likeness (QED) is 0.500. The molecule has 2 rings (SSSR count). The fourth-order valence-corrected chi connectivity index (χ4v) is 2.90.